The molecule has 2 rings (SSSR count). The van der Waals surface area contributed by atoms with Gasteiger partial charge < -0.3 is 14.8 Å². The lowest BCUT2D eigenvalue weighted by atomic mass is 10.2. The first-order valence-electron chi connectivity index (χ1n) is 5.67. The number of nitrogens with zero attached hydrogens (tertiary/aromatic N) is 2. The molecule has 0 saturated carbocycles. The predicted molar refractivity (Wildman–Crippen MR) is 70.1 cm³/mol. The summed E-state index contributed by atoms with van der Waals surface area (Å²) < 4.78 is 12.3. The van der Waals surface area contributed by atoms with Crippen molar-refractivity contribution in [2.24, 2.45) is 7.05 Å². The molecule has 0 aliphatic carbocycles. The van der Waals surface area contributed by atoms with Crippen molar-refractivity contribution in [2.75, 3.05) is 19.5 Å². The van der Waals surface area contributed by atoms with Gasteiger partial charge in [0.05, 0.1) is 32.1 Å². The number of nitrogens with one attached hydrogen (secondary N) is 1. The van der Waals surface area contributed by atoms with Crippen LogP contribution in [0.5, 0.6) is 11.5 Å². The minimum Gasteiger partial charge on any atom is -0.497 e. The van der Waals surface area contributed by atoms with Gasteiger partial charge in [0.15, 0.2) is 0 Å². The number of benzene rings is 1. The SMILES string of the molecule is COc1ccc(OC)c(NCc2ccnn2C)c1. The quantitative estimate of drug-likeness (QED) is 0.878. The van der Waals surface area contributed by atoms with E-state index >= 15 is 0 Å². The van der Waals surface area contributed by atoms with Crippen LogP contribution in [0.15, 0.2) is 30.5 Å². The molecule has 0 bridgehead atoms. The maximum absolute atomic E-state index is 5.30. The van der Waals surface area contributed by atoms with Crippen molar-refractivity contribution < 1.29 is 9.47 Å². The number of aromatic nitrogens is 2. The molecule has 0 spiro atoms. The molecule has 1 aromatic carbocycles. The first kappa shape index (κ1) is 12.3. The highest BCUT2D eigenvalue weighted by Gasteiger charge is 2.05. The van der Waals surface area contributed by atoms with E-state index in [0.717, 1.165) is 22.9 Å². The third kappa shape index (κ3) is 2.56. The Labute approximate surface area is 106 Å². The smallest absolute Gasteiger partial charge is 0.142 e. The van der Waals surface area contributed by atoms with Gasteiger partial charge >= 0.3 is 0 Å². The van der Waals surface area contributed by atoms with Crippen LogP contribution >= 0.6 is 0 Å². The highest BCUT2D eigenvalue weighted by molar-refractivity contribution is 5.59. The lowest BCUT2D eigenvalue weighted by Gasteiger charge is -2.12. The van der Waals surface area contributed by atoms with E-state index in [0.29, 0.717) is 6.54 Å². The zero-order valence-electron chi connectivity index (χ0n) is 10.8. The van der Waals surface area contributed by atoms with E-state index in [4.69, 9.17) is 9.47 Å². The van der Waals surface area contributed by atoms with Gasteiger partial charge in [-0.15, -0.1) is 0 Å². The first-order valence-corrected chi connectivity index (χ1v) is 5.67. The van der Waals surface area contributed by atoms with E-state index in [2.05, 4.69) is 10.4 Å². The molecule has 5 heteroatoms. The Kier molecular flexibility index (Phi) is 3.72. The third-order valence-corrected chi connectivity index (χ3v) is 2.79. The van der Waals surface area contributed by atoms with Gasteiger partial charge in [-0.3, -0.25) is 4.68 Å². The molecule has 1 heterocycles. The van der Waals surface area contributed by atoms with Crippen molar-refractivity contribution in [3.8, 4) is 11.5 Å². The fourth-order valence-electron chi connectivity index (χ4n) is 1.71. The summed E-state index contributed by atoms with van der Waals surface area (Å²) >= 11 is 0. The van der Waals surface area contributed by atoms with E-state index in [1.165, 1.54) is 0 Å². The average Bonchev–Trinajstić information content (AvgIpc) is 2.81. The van der Waals surface area contributed by atoms with Gasteiger partial charge in [-0.2, -0.15) is 5.10 Å². The van der Waals surface area contributed by atoms with Crippen LogP contribution in [-0.2, 0) is 13.6 Å². The molecule has 0 aliphatic heterocycles. The summed E-state index contributed by atoms with van der Waals surface area (Å²) in [7, 11) is 5.21. The van der Waals surface area contributed by atoms with E-state index in [9.17, 15) is 0 Å². The molecule has 0 atom stereocenters. The Morgan fingerprint density at radius 2 is 2.06 bits per heavy atom. The Morgan fingerprint density at radius 1 is 1.22 bits per heavy atom. The van der Waals surface area contributed by atoms with Gasteiger partial charge in [-0.1, -0.05) is 0 Å². The number of ether oxygens (including phenoxy) is 2. The lowest BCUT2D eigenvalue weighted by Crippen LogP contribution is -2.06. The van der Waals surface area contributed by atoms with Gasteiger partial charge in [0, 0.05) is 19.3 Å². The Balaban J connectivity index is 2.14. The lowest BCUT2D eigenvalue weighted by molar-refractivity contribution is 0.404. The zero-order chi connectivity index (χ0) is 13.0. The van der Waals surface area contributed by atoms with Crippen molar-refractivity contribution in [1.29, 1.82) is 0 Å². The second-order valence-corrected chi connectivity index (χ2v) is 3.87. The summed E-state index contributed by atoms with van der Waals surface area (Å²) in [5.74, 6) is 1.58. The molecule has 0 saturated heterocycles. The zero-order valence-corrected chi connectivity index (χ0v) is 10.8. The summed E-state index contributed by atoms with van der Waals surface area (Å²) in [5.41, 5.74) is 2.00. The number of methoxy groups -OCH3 is 2. The summed E-state index contributed by atoms with van der Waals surface area (Å²) in [6.07, 6.45) is 1.78. The highest BCUT2D eigenvalue weighted by Crippen LogP contribution is 2.29. The molecular weight excluding hydrogens is 230 g/mol. The van der Waals surface area contributed by atoms with Crippen LogP contribution < -0.4 is 14.8 Å². The minimum atomic E-state index is 0.681. The molecule has 0 aliphatic rings. The number of rotatable bonds is 5. The number of hydrogen-bond donors (Lipinski definition) is 1. The maximum Gasteiger partial charge on any atom is 0.142 e. The Morgan fingerprint density at radius 3 is 2.67 bits per heavy atom. The maximum atomic E-state index is 5.30. The average molecular weight is 247 g/mol. The van der Waals surface area contributed by atoms with Gasteiger partial charge in [0.1, 0.15) is 11.5 Å². The molecule has 2 aromatic rings. The van der Waals surface area contributed by atoms with Crippen LogP contribution in [0.3, 0.4) is 0 Å². The number of hydrogen-bond acceptors (Lipinski definition) is 4. The summed E-state index contributed by atoms with van der Waals surface area (Å²) in [4.78, 5) is 0. The normalized spacial score (nSPS) is 10.2. The van der Waals surface area contributed by atoms with Crippen LogP contribution in [0.1, 0.15) is 5.69 Å². The van der Waals surface area contributed by atoms with Crippen molar-refractivity contribution in [3.05, 3.63) is 36.2 Å². The summed E-state index contributed by atoms with van der Waals surface area (Å²) in [5, 5.41) is 7.44. The van der Waals surface area contributed by atoms with Crippen LogP contribution in [0.25, 0.3) is 0 Å². The number of anilines is 1. The molecule has 5 nitrogen and oxygen atoms in total. The molecule has 0 amide bonds. The van der Waals surface area contributed by atoms with Crippen molar-refractivity contribution in [1.82, 2.24) is 9.78 Å². The van der Waals surface area contributed by atoms with Crippen LogP contribution in [0.2, 0.25) is 0 Å². The minimum absolute atomic E-state index is 0.681. The molecule has 0 radical (unpaired) electrons. The second kappa shape index (κ2) is 5.44. The molecular formula is C13H17N3O2. The van der Waals surface area contributed by atoms with E-state index in [-0.39, 0.29) is 0 Å². The van der Waals surface area contributed by atoms with Gasteiger partial charge in [0.2, 0.25) is 0 Å². The fourth-order valence-corrected chi connectivity index (χ4v) is 1.71. The highest BCUT2D eigenvalue weighted by atomic mass is 16.5. The van der Waals surface area contributed by atoms with E-state index in [1.54, 1.807) is 20.4 Å². The van der Waals surface area contributed by atoms with Crippen molar-refractivity contribution in [2.45, 2.75) is 6.54 Å². The first-order chi connectivity index (χ1) is 8.74. The van der Waals surface area contributed by atoms with Crippen LogP contribution in [0, 0.1) is 0 Å². The van der Waals surface area contributed by atoms with Gasteiger partial charge in [0.25, 0.3) is 0 Å². The topological polar surface area (TPSA) is 48.3 Å². The van der Waals surface area contributed by atoms with Gasteiger partial charge in [-0.05, 0) is 18.2 Å². The number of aryl methyl sites for hydroxylation is 1. The Bertz CT molecular complexity index is 523. The van der Waals surface area contributed by atoms with Crippen LogP contribution in [0.4, 0.5) is 5.69 Å². The predicted octanol–water partition coefficient (Wildman–Crippen LogP) is 2.05. The molecule has 96 valence electrons. The Hall–Kier alpha value is -2.17. The van der Waals surface area contributed by atoms with Crippen molar-refractivity contribution >= 4 is 5.69 Å². The largest absolute Gasteiger partial charge is 0.497 e. The standard InChI is InChI=1S/C13H17N3O2/c1-16-10(6-7-15-16)9-14-12-8-11(17-2)4-5-13(12)18-3/h4-8,14H,9H2,1-3H3. The summed E-state index contributed by atoms with van der Waals surface area (Å²) in [6, 6.07) is 7.63. The second-order valence-electron chi connectivity index (χ2n) is 3.87. The molecule has 18 heavy (non-hydrogen) atoms. The van der Waals surface area contributed by atoms with E-state index in [1.807, 2.05) is 36.0 Å². The molecule has 1 aromatic heterocycles. The van der Waals surface area contributed by atoms with Crippen molar-refractivity contribution in [3.63, 3.8) is 0 Å². The molecule has 0 unspecified atom stereocenters. The fraction of sp³-hybridized carbons (Fsp3) is 0.308. The molecule has 1 N–H and O–H groups in total. The monoisotopic (exact) mass is 247 g/mol. The van der Waals surface area contributed by atoms with Crippen LogP contribution in [-0.4, -0.2) is 24.0 Å². The van der Waals surface area contributed by atoms with E-state index < -0.39 is 0 Å². The summed E-state index contributed by atoms with van der Waals surface area (Å²) in [6.45, 7) is 0.681. The third-order valence-electron chi connectivity index (χ3n) is 2.79. The van der Waals surface area contributed by atoms with Gasteiger partial charge in [-0.25, -0.2) is 0 Å². The molecule has 0 fully saturated rings.